The van der Waals surface area contributed by atoms with Crippen molar-refractivity contribution in [1.29, 1.82) is 0 Å². The molecule has 5 heteroatoms. The SMILES string of the molecule is c1cc2nc(c1)-c1ccccc1Cn1c(nc3ccccc31)-c1cccc(n1)O2. The summed E-state index contributed by atoms with van der Waals surface area (Å²) in [5.41, 5.74) is 5.91. The van der Waals surface area contributed by atoms with Crippen LogP contribution in [0.15, 0.2) is 84.9 Å². The summed E-state index contributed by atoms with van der Waals surface area (Å²) in [4.78, 5) is 14.3. The second kappa shape index (κ2) is 6.27. The normalized spacial score (nSPS) is 12.3. The van der Waals surface area contributed by atoms with Crippen LogP contribution in [0.1, 0.15) is 5.56 Å². The van der Waals surface area contributed by atoms with Crippen molar-refractivity contribution in [2.75, 3.05) is 0 Å². The van der Waals surface area contributed by atoms with Gasteiger partial charge in [-0.15, -0.1) is 0 Å². The molecular formula is C24H16N4O. The van der Waals surface area contributed by atoms with Crippen LogP contribution >= 0.6 is 0 Å². The summed E-state index contributed by atoms with van der Waals surface area (Å²) < 4.78 is 8.19. The van der Waals surface area contributed by atoms with Gasteiger partial charge in [-0.1, -0.05) is 48.5 Å². The summed E-state index contributed by atoms with van der Waals surface area (Å²) in [6.45, 7) is 0.671. The van der Waals surface area contributed by atoms with Gasteiger partial charge in [-0.3, -0.25) is 0 Å². The standard InChI is InChI=1S/C24H16N4O/c1-2-8-17-16(7-1)15-28-21-12-4-3-9-19(21)27-24(28)20-11-6-14-23(26-20)29-22-13-5-10-18(17)25-22/h1-14H,15H2. The quantitative estimate of drug-likeness (QED) is 0.360. The Balaban J connectivity index is 1.68. The Morgan fingerprint density at radius 3 is 2.28 bits per heavy atom. The first kappa shape index (κ1) is 16.0. The number of benzene rings is 2. The number of para-hydroxylation sites is 2. The maximum absolute atomic E-state index is 5.98. The van der Waals surface area contributed by atoms with Gasteiger partial charge in [0.25, 0.3) is 0 Å². The number of nitrogens with zero attached hydrogens (tertiary/aromatic N) is 4. The molecule has 0 spiro atoms. The lowest BCUT2D eigenvalue weighted by molar-refractivity contribution is 0.445. The van der Waals surface area contributed by atoms with E-state index in [9.17, 15) is 0 Å². The molecule has 2 aromatic carbocycles. The Morgan fingerprint density at radius 1 is 0.655 bits per heavy atom. The highest BCUT2D eigenvalue weighted by Gasteiger charge is 2.18. The van der Waals surface area contributed by atoms with Gasteiger partial charge < -0.3 is 9.30 Å². The summed E-state index contributed by atoms with van der Waals surface area (Å²) in [5.74, 6) is 1.85. The number of aromatic nitrogens is 4. The number of imidazole rings is 1. The molecule has 0 N–H and O–H groups in total. The zero-order valence-corrected chi connectivity index (χ0v) is 15.5. The van der Waals surface area contributed by atoms with Crippen molar-refractivity contribution >= 4 is 11.0 Å². The van der Waals surface area contributed by atoms with E-state index in [2.05, 4.69) is 28.8 Å². The molecule has 0 saturated carbocycles. The van der Waals surface area contributed by atoms with Crippen LogP contribution in [0.25, 0.3) is 33.8 Å². The summed E-state index contributed by atoms with van der Waals surface area (Å²) in [6, 6.07) is 28.1. The fourth-order valence-electron chi connectivity index (χ4n) is 3.83. The van der Waals surface area contributed by atoms with Crippen molar-refractivity contribution in [1.82, 2.24) is 19.5 Å². The van der Waals surface area contributed by atoms with E-state index in [4.69, 9.17) is 19.7 Å². The predicted molar refractivity (Wildman–Crippen MR) is 112 cm³/mol. The molecule has 29 heavy (non-hydrogen) atoms. The van der Waals surface area contributed by atoms with Crippen LogP contribution in [0, 0.1) is 0 Å². The molecule has 4 heterocycles. The molecule has 3 aromatic heterocycles. The third-order valence-corrected chi connectivity index (χ3v) is 5.16. The molecule has 0 fully saturated rings. The summed E-state index contributed by atoms with van der Waals surface area (Å²) in [5, 5.41) is 0. The molecule has 6 rings (SSSR count). The summed E-state index contributed by atoms with van der Waals surface area (Å²) in [6.07, 6.45) is 0. The van der Waals surface area contributed by atoms with Crippen LogP contribution in [0.5, 0.6) is 11.8 Å². The van der Waals surface area contributed by atoms with Crippen molar-refractivity contribution in [3.8, 4) is 34.5 Å². The monoisotopic (exact) mass is 376 g/mol. The fraction of sp³-hybridized carbons (Fsp3) is 0.0417. The van der Waals surface area contributed by atoms with E-state index in [1.165, 1.54) is 5.56 Å². The van der Waals surface area contributed by atoms with E-state index in [0.717, 1.165) is 33.8 Å². The minimum atomic E-state index is 0.500. The highest BCUT2D eigenvalue weighted by Crippen LogP contribution is 2.31. The maximum Gasteiger partial charge on any atom is 0.221 e. The minimum Gasteiger partial charge on any atom is -0.421 e. The van der Waals surface area contributed by atoms with Crippen molar-refractivity contribution in [2.24, 2.45) is 0 Å². The average Bonchev–Trinajstić information content (AvgIpc) is 3.13. The van der Waals surface area contributed by atoms with Crippen molar-refractivity contribution in [2.45, 2.75) is 6.54 Å². The Kier molecular flexibility index (Phi) is 3.46. The smallest absolute Gasteiger partial charge is 0.221 e. The van der Waals surface area contributed by atoms with Crippen LogP contribution in [0.2, 0.25) is 0 Å². The number of hydrogen-bond donors (Lipinski definition) is 0. The van der Waals surface area contributed by atoms with Gasteiger partial charge in [-0.05, 0) is 29.8 Å². The van der Waals surface area contributed by atoms with E-state index in [1.807, 2.05) is 60.7 Å². The number of pyridine rings is 2. The summed E-state index contributed by atoms with van der Waals surface area (Å²) in [7, 11) is 0. The Bertz CT molecular complexity index is 1370. The number of hydrogen-bond acceptors (Lipinski definition) is 4. The van der Waals surface area contributed by atoms with Crippen LogP contribution < -0.4 is 4.74 Å². The first-order valence-electron chi connectivity index (χ1n) is 9.51. The van der Waals surface area contributed by atoms with Crippen LogP contribution in [0.3, 0.4) is 0 Å². The molecule has 138 valence electrons. The number of rotatable bonds is 0. The zero-order valence-electron chi connectivity index (χ0n) is 15.5. The van der Waals surface area contributed by atoms with Gasteiger partial charge in [0, 0.05) is 17.7 Å². The van der Waals surface area contributed by atoms with Gasteiger partial charge in [0.2, 0.25) is 11.8 Å². The van der Waals surface area contributed by atoms with Crippen molar-refractivity contribution in [3.05, 3.63) is 90.5 Å². The highest BCUT2D eigenvalue weighted by molar-refractivity contribution is 5.80. The third-order valence-electron chi connectivity index (χ3n) is 5.16. The van der Waals surface area contributed by atoms with Crippen LogP contribution in [0.4, 0.5) is 0 Å². The lowest BCUT2D eigenvalue weighted by Gasteiger charge is -2.15. The summed E-state index contributed by atoms with van der Waals surface area (Å²) >= 11 is 0. The molecule has 5 nitrogen and oxygen atoms in total. The molecule has 0 aliphatic carbocycles. The van der Waals surface area contributed by atoms with Crippen LogP contribution in [-0.2, 0) is 6.54 Å². The van der Waals surface area contributed by atoms with Gasteiger partial charge in [0.05, 0.1) is 23.3 Å². The first-order valence-corrected chi connectivity index (χ1v) is 9.51. The van der Waals surface area contributed by atoms with Crippen LogP contribution in [-0.4, -0.2) is 19.5 Å². The fourth-order valence-corrected chi connectivity index (χ4v) is 3.83. The van der Waals surface area contributed by atoms with Gasteiger partial charge in [0.15, 0.2) is 5.82 Å². The van der Waals surface area contributed by atoms with E-state index >= 15 is 0 Å². The average molecular weight is 376 g/mol. The van der Waals surface area contributed by atoms with Crippen molar-refractivity contribution in [3.63, 3.8) is 0 Å². The van der Waals surface area contributed by atoms with Crippen molar-refractivity contribution < 1.29 is 4.74 Å². The molecule has 0 atom stereocenters. The zero-order chi connectivity index (χ0) is 19.2. The molecule has 0 radical (unpaired) electrons. The molecule has 1 aliphatic rings. The van der Waals surface area contributed by atoms with Gasteiger partial charge in [-0.2, -0.15) is 0 Å². The van der Waals surface area contributed by atoms with E-state index in [0.29, 0.717) is 18.3 Å². The van der Waals surface area contributed by atoms with E-state index < -0.39 is 0 Å². The van der Waals surface area contributed by atoms with Gasteiger partial charge in [-0.25, -0.2) is 15.0 Å². The molecular weight excluding hydrogens is 360 g/mol. The third kappa shape index (κ3) is 2.67. The Morgan fingerprint density at radius 2 is 1.38 bits per heavy atom. The molecule has 4 bridgehead atoms. The molecule has 5 aromatic rings. The Labute approximate surface area is 167 Å². The van der Waals surface area contributed by atoms with E-state index in [-0.39, 0.29) is 0 Å². The molecule has 0 unspecified atom stereocenters. The second-order valence-electron chi connectivity index (χ2n) is 6.99. The maximum atomic E-state index is 5.98. The molecule has 0 saturated heterocycles. The lowest BCUT2D eigenvalue weighted by atomic mass is 10.0. The molecule has 1 aliphatic heterocycles. The lowest BCUT2D eigenvalue weighted by Crippen LogP contribution is -2.06. The minimum absolute atomic E-state index is 0.500. The topological polar surface area (TPSA) is 52.8 Å². The Hall–Kier alpha value is -3.99. The second-order valence-corrected chi connectivity index (χ2v) is 6.99. The number of fused-ring (bicyclic) bond motifs is 10. The number of ether oxygens (including phenoxy) is 1. The molecule has 0 amide bonds. The largest absolute Gasteiger partial charge is 0.421 e. The predicted octanol–water partition coefficient (Wildman–Crippen LogP) is 5.31. The van der Waals surface area contributed by atoms with Gasteiger partial charge >= 0.3 is 0 Å². The first-order chi connectivity index (χ1) is 14.3. The van der Waals surface area contributed by atoms with E-state index in [1.54, 1.807) is 0 Å². The highest BCUT2D eigenvalue weighted by atomic mass is 16.5. The van der Waals surface area contributed by atoms with Gasteiger partial charge in [0.1, 0.15) is 5.69 Å².